The maximum Gasteiger partial charge on any atom is 0.336 e. The van der Waals surface area contributed by atoms with Crippen LogP contribution in [0.1, 0.15) is 27.9 Å². The Morgan fingerprint density at radius 3 is 2.88 bits per heavy atom. The van der Waals surface area contributed by atoms with Crippen LogP contribution < -0.4 is 16.7 Å². The van der Waals surface area contributed by atoms with E-state index < -0.39 is 5.63 Å². The number of aromatic nitrogens is 1. The van der Waals surface area contributed by atoms with E-state index in [0.29, 0.717) is 23.4 Å². The number of rotatable bonds is 5. The Morgan fingerprint density at radius 1 is 1.24 bits per heavy atom. The summed E-state index contributed by atoms with van der Waals surface area (Å²) in [5.74, 6) is -0.267. The van der Waals surface area contributed by atoms with Crippen molar-refractivity contribution >= 4 is 22.6 Å². The van der Waals surface area contributed by atoms with Gasteiger partial charge in [-0.05, 0) is 55.6 Å². The van der Waals surface area contributed by atoms with Gasteiger partial charge in [0.25, 0.3) is 5.91 Å². The van der Waals surface area contributed by atoms with E-state index in [1.807, 2.05) is 19.1 Å². The standard InChI is InChI=1S/C19H19N3O3/c1-12-7-18(23)25-17-9-15(4-5-16(12)17)22-19(24)14-8-13(3-2-6-20)10-21-11-14/h4-5,7-11H,2-3,6,20H2,1H3,(H,22,24). The van der Waals surface area contributed by atoms with Crippen molar-refractivity contribution in [3.05, 3.63) is 69.8 Å². The number of nitrogens with one attached hydrogen (secondary N) is 1. The molecule has 0 fully saturated rings. The molecule has 1 amide bonds. The molecule has 6 heteroatoms. The van der Waals surface area contributed by atoms with Gasteiger partial charge in [0.15, 0.2) is 0 Å². The third-order valence-electron chi connectivity index (χ3n) is 3.94. The fourth-order valence-corrected chi connectivity index (χ4v) is 2.66. The Labute approximate surface area is 144 Å². The second-order valence-electron chi connectivity index (χ2n) is 5.89. The molecule has 0 aliphatic carbocycles. The highest BCUT2D eigenvalue weighted by atomic mass is 16.4. The predicted molar refractivity (Wildman–Crippen MR) is 96.8 cm³/mol. The van der Waals surface area contributed by atoms with Crippen LogP contribution in [0.5, 0.6) is 0 Å². The quantitative estimate of drug-likeness (QED) is 0.697. The van der Waals surface area contributed by atoms with Crippen LogP contribution in [0.15, 0.2) is 51.9 Å². The molecular formula is C19H19N3O3. The average molecular weight is 337 g/mol. The number of fused-ring (bicyclic) bond motifs is 1. The van der Waals surface area contributed by atoms with Crippen molar-refractivity contribution in [1.82, 2.24) is 4.98 Å². The smallest absolute Gasteiger partial charge is 0.336 e. The first kappa shape index (κ1) is 16.9. The lowest BCUT2D eigenvalue weighted by molar-refractivity contribution is 0.102. The number of pyridine rings is 1. The number of amides is 1. The molecule has 0 spiro atoms. The van der Waals surface area contributed by atoms with E-state index in [9.17, 15) is 9.59 Å². The molecule has 0 atom stereocenters. The lowest BCUT2D eigenvalue weighted by Crippen LogP contribution is -2.13. The minimum atomic E-state index is -0.412. The molecule has 2 heterocycles. The van der Waals surface area contributed by atoms with E-state index in [4.69, 9.17) is 10.2 Å². The molecule has 6 nitrogen and oxygen atoms in total. The number of carbonyl (C=O) groups is 1. The van der Waals surface area contributed by atoms with Gasteiger partial charge < -0.3 is 15.5 Å². The Kier molecular flexibility index (Phi) is 4.90. The number of nitrogens with two attached hydrogens (primary N) is 1. The number of anilines is 1. The number of nitrogens with zero attached hydrogens (tertiary/aromatic N) is 1. The highest BCUT2D eigenvalue weighted by Gasteiger charge is 2.09. The summed E-state index contributed by atoms with van der Waals surface area (Å²) in [5, 5.41) is 3.64. The molecule has 0 aliphatic rings. The van der Waals surface area contributed by atoms with Crippen LogP contribution in [0, 0.1) is 6.92 Å². The number of hydrogen-bond acceptors (Lipinski definition) is 5. The Bertz CT molecular complexity index is 979. The first-order chi connectivity index (χ1) is 12.1. The van der Waals surface area contributed by atoms with Gasteiger partial charge >= 0.3 is 5.63 Å². The first-order valence-electron chi connectivity index (χ1n) is 8.06. The molecule has 0 saturated heterocycles. The van der Waals surface area contributed by atoms with Crippen LogP contribution in [0.2, 0.25) is 0 Å². The Morgan fingerprint density at radius 2 is 2.08 bits per heavy atom. The summed E-state index contributed by atoms with van der Waals surface area (Å²) >= 11 is 0. The summed E-state index contributed by atoms with van der Waals surface area (Å²) in [4.78, 5) is 28.1. The summed E-state index contributed by atoms with van der Waals surface area (Å²) in [7, 11) is 0. The SMILES string of the molecule is Cc1cc(=O)oc2cc(NC(=O)c3cncc(CCCN)c3)ccc12. The van der Waals surface area contributed by atoms with Crippen molar-refractivity contribution in [3.8, 4) is 0 Å². The fourth-order valence-electron chi connectivity index (χ4n) is 2.66. The normalized spacial score (nSPS) is 10.8. The van der Waals surface area contributed by atoms with Crippen molar-refractivity contribution in [1.29, 1.82) is 0 Å². The third-order valence-corrected chi connectivity index (χ3v) is 3.94. The van der Waals surface area contributed by atoms with Gasteiger partial charge in [0.1, 0.15) is 5.58 Å². The van der Waals surface area contributed by atoms with Gasteiger partial charge in [0.05, 0.1) is 5.56 Å². The average Bonchev–Trinajstić information content (AvgIpc) is 2.59. The minimum Gasteiger partial charge on any atom is -0.423 e. The molecule has 0 unspecified atom stereocenters. The monoisotopic (exact) mass is 337 g/mol. The van der Waals surface area contributed by atoms with Crippen molar-refractivity contribution in [2.45, 2.75) is 19.8 Å². The molecule has 0 saturated carbocycles. The number of carbonyl (C=O) groups excluding carboxylic acids is 1. The summed E-state index contributed by atoms with van der Waals surface area (Å²) in [6.45, 7) is 2.44. The van der Waals surface area contributed by atoms with Gasteiger partial charge in [-0.25, -0.2) is 4.79 Å². The highest BCUT2D eigenvalue weighted by Crippen LogP contribution is 2.21. The topological polar surface area (TPSA) is 98.2 Å². The Balaban J connectivity index is 1.83. The van der Waals surface area contributed by atoms with Crippen molar-refractivity contribution in [2.24, 2.45) is 5.73 Å². The molecule has 3 rings (SSSR count). The van der Waals surface area contributed by atoms with Crippen LogP contribution >= 0.6 is 0 Å². The molecule has 0 bridgehead atoms. The van der Waals surface area contributed by atoms with Gasteiger partial charge in [0, 0.05) is 35.6 Å². The van der Waals surface area contributed by atoms with E-state index in [-0.39, 0.29) is 5.91 Å². The molecule has 25 heavy (non-hydrogen) atoms. The van der Waals surface area contributed by atoms with Crippen molar-refractivity contribution in [2.75, 3.05) is 11.9 Å². The lowest BCUT2D eigenvalue weighted by Gasteiger charge is -2.08. The summed E-state index contributed by atoms with van der Waals surface area (Å²) in [6, 6.07) is 8.49. The van der Waals surface area contributed by atoms with Crippen LogP contribution in [0.3, 0.4) is 0 Å². The summed E-state index contributed by atoms with van der Waals surface area (Å²) in [6.07, 6.45) is 4.88. The van der Waals surface area contributed by atoms with Crippen molar-refractivity contribution in [3.63, 3.8) is 0 Å². The second kappa shape index (κ2) is 7.27. The van der Waals surface area contributed by atoms with E-state index >= 15 is 0 Å². The molecule has 0 aliphatic heterocycles. The summed E-state index contributed by atoms with van der Waals surface area (Å²) < 4.78 is 5.20. The fraction of sp³-hybridized carbons (Fsp3) is 0.211. The van der Waals surface area contributed by atoms with Gasteiger partial charge in [-0.2, -0.15) is 0 Å². The maximum atomic E-state index is 12.4. The van der Waals surface area contributed by atoms with Crippen LogP contribution in [0.4, 0.5) is 5.69 Å². The molecule has 3 aromatic rings. The first-order valence-corrected chi connectivity index (χ1v) is 8.06. The van der Waals surface area contributed by atoms with E-state index in [0.717, 1.165) is 29.4 Å². The maximum absolute atomic E-state index is 12.4. The molecule has 0 radical (unpaired) electrons. The van der Waals surface area contributed by atoms with E-state index in [2.05, 4.69) is 10.3 Å². The predicted octanol–water partition coefficient (Wildman–Crippen LogP) is 2.64. The van der Waals surface area contributed by atoms with Crippen LogP contribution in [-0.2, 0) is 6.42 Å². The zero-order valence-electron chi connectivity index (χ0n) is 13.9. The van der Waals surface area contributed by atoms with Gasteiger partial charge in [0.2, 0.25) is 0 Å². The van der Waals surface area contributed by atoms with Gasteiger partial charge in [-0.15, -0.1) is 0 Å². The largest absolute Gasteiger partial charge is 0.423 e. The third kappa shape index (κ3) is 3.92. The van der Waals surface area contributed by atoms with Crippen LogP contribution in [-0.4, -0.2) is 17.4 Å². The molecular weight excluding hydrogens is 318 g/mol. The zero-order chi connectivity index (χ0) is 17.8. The van der Waals surface area contributed by atoms with Gasteiger partial charge in [-0.1, -0.05) is 0 Å². The lowest BCUT2D eigenvalue weighted by atomic mass is 10.1. The summed E-state index contributed by atoms with van der Waals surface area (Å²) in [5.41, 5.74) is 8.37. The number of hydrogen-bond donors (Lipinski definition) is 2. The molecule has 1 aromatic carbocycles. The molecule has 128 valence electrons. The number of benzene rings is 1. The van der Waals surface area contributed by atoms with Crippen LogP contribution in [0.25, 0.3) is 11.0 Å². The Hall–Kier alpha value is -2.99. The molecule has 3 N–H and O–H groups in total. The second-order valence-corrected chi connectivity index (χ2v) is 5.89. The van der Waals surface area contributed by atoms with Gasteiger partial charge in [-0.3, -0.25) is 9.78 Å². The zero-order valence-corrected chi connectivity index (χ0v) is 13.9. The highest BCUT2D eigenvalue weighted by molar-refractivity contribution is 6.04. The van der Waals surface area contributed by atoms with E-state index in [1.165, 1.54) is 12.3 Å². The van der Waals surface area contributed by atoms with Crippen molar-refractivity contribution < 1.29 is 9.21 Å². The van der Waals surface area contributed by atoms with E-state index in [1.54, 1.807) is 18.3 Å². The minimum absolute atomic E-state index is 0.267. The number of aryl methyl sites for hydroxylation is 2. The molecule has 2 aromatic heterocycles.